The SMILES string of the molecule is CN1CCN(Cc2ccc(-c3nc(C4(N)CCCC4)no3)cc2)CC1. The van der Waals surface area contributed by atoms with Gasteiger partial charge in [-0.1, -0.05) is 30.1 Å². The second kappa shape index (κ2) is 6.86. The molecule has 0 radical (unpaired) electrons. The van der Waals surface area contributed by atoms with Gasteiger partial charge in [0, 0.05) is 38.3 Å². The van der Waals surface area contributed by atoms with E-state index in [0.717, 1.165) is 64.0 Å². The van der Waals surface area contributed by atoms with Crippen molar-refractivity contribution in [3.63, 3.8) is 0 Å². The van der Waals surface area contributed by atoms with Gasteiger partial charge in [-0.3, -0.25) is 4.90 Å². The molecule has 0 spiro atoms. The van der Waals surface area contributed by atoms with Crippen molar-refractivity contribution >= 4 is 0 Å². The molecule has 2 fully saturated rings. The van der Waals surface area contributed by atoms with Crippen molar-refractivity contribution in [3.05, 3.63) is 35.7 Å². The number of aromatic nitrogens is 2. The van der Waals surface area contributed by atoms with Crippen LogP contribution < -0.4 is 5.73 Å². The van der Waals surface area contributed by atoms with Gasteiger partial charge in [0.1, 0.15) is 0 Å². The van der Waals surface area contributed by atoms with Crippen LogP contribution in [0.3, 0.4) is 0 Å². The van der Waals surface area contributed by atoms with Crippen LogP contribution in [-0.2, 0) is 12.1 Å². The second-order valence-corrected chi connectivity index (χ2v) is 7.56. The first-order valence-corrected chi connectivity index (χ1v) is 9.26. The van der Waals surface area contributed by atoms with Crippen LogP contribution in [0.2, 0.25) is 0 Å². The van der Waals surface area contributed by atoms with Gasteiger partial charge in [0.2, 0.25) is 0 Å². The molecule has 1 saturated heterocycles. The Labute approximate surface area is 149 Å². The normalized spacial score (nSPS) is 21.7. The van der Waals surface area contributed by atoms with E-state index >= 15 is 0 Å². The van der Waals surface area contributed by atoms with Gasteiger partial charge in [-0.2, -0.15) is 4.98 Å². The molecule has 1 aliphatic carbocycles. The van der Waals surface area contributed by atoms with Crippen LogP contribution in [-0.4, -0.2) is 53.2 Å². The Balaban J connectivity index is 1.43. The topological polar surface area (TPSA) is 71.4 Å². The van der Waals surface area contributed by atoms with E-state index in [9.17, 15) is 0 Å². The van der Waals surface area contributed by atoms with Crippen molar-refractivity contribution in [2.24, 2.45) is 5.73 Å². The molecule has 1 saturated carbocycles. The molecule has 0 bridgehead atoms. The van der Waals surface area contributed by atoms with E-state index in [-0.39, 0.29) is 0 Å². The Morgan fingerprint density at radius 3 is 2.44 bits per heavy atom. The van der Waals surface area contributed by atoms with Gasteiger partial charge in [0.25, 0.3) is 5.89 Å². The third kappa shape index (κ3) is 3.61. The van der Waals surface area contributed by atoms with Crippen LogP contribution in [0.1, 0.15) is 37.1 Å². The zero-order chi connectivity index (χ0) is 17.3. The fourth-order valence-corrected chi connectivity index (χ4v) is 3.79. The minimum absolute atomic E-state index is 0.400. The molecule has 0 amide bonds. The molecule has 25 heavy (non-hydrogen) atoms. The standard InChI is InChI=1S/C19H27N5O/c1-23-10-12-24(13-11-23)14-15-4-6-16(7-5-15)17-21-18(22-25-17)19(20)8-2-3-9-19/h4-7H,2-3,8-14,20H2,1H3. The molecule has 1 aliphatic heterocycles. The van der Waals surface area contributed by atoms with Crippen molar-refractivity contribution < 1.29 is 4.52 Å². The number of nitrogens with two attached hydrogens (primary N) is 1. The maximum Gasteiger partial charge on any atom is 0.257 e. The molecule has 4 rings (SSSR count). The summed E-state index contributed by atoms with van der Waals surface area (Å²) in [7, 11) is 2.18. The lowest BCUT2D eigenvalue weighted by atomic mass is 9.98. The molecule has 0 atom stereocenters. The quantitative estimate of drug-likeness (QED) is 0.919. The summed E-state index contributed by atoms with van der Waals surface area (Å²) >= 11 is 0. The second-order valence-electron chi connectivity index (χ2n) is 7.56. The maximum absolute atomic E-state index is 6.42. The Hall–Kier alpha value is -1.76. The molecular weight excluding hydrogens is 314 g/mol. The summed E-state index contributed by atoms with van der Waals surface area (Å²) in [5.74, 6) is 1.22. The average molecular weight is 341 g/mol. The summed E-state index contributed by atoms with van der Waals surface area (Å²) in [5.41, 5.74) is 8.30. The summed E-state index contributed by atoms with van der Waals surface area (Å²) < 4.78 is 5.47. The van der Waals surface area contributed by atoms with E-state index in [1.165, 1.54) is 5.56 Å². The predicted octanol–water partition coefficient (Wildman–Crippen LogP) is 2.21. The maximum atomic E-state index is 6.42. The van der Waals surface area contributed by atoms with E-state index in [4.69, 9.17) is 10.3 Å². The predicted molar refractivity (Wildman–Crippen MR) is 96.8 cm³/mol. The Bertz CT molecular complexity index is 697. The smallest absolute Gasteiger partial charge is 0.257 e. The lowest BCUT2D eigenvalue weighted by Crippen LogP contribution is -2.43. The van der Waals surface area contributed by atoms with E-state index < -0.39 is 5.54 Å². The van der Waals surface area contributed by atoms with Crippen LogP contribution in [0.15, 0.2) is 28.8 Å². The van der Waals surface area contributed by atoms with Gasteiger partial charge in [0.15, 0.2) is 5.82 Å². The van der Waals surface area contributed by atoms with Crippen molar-refractivity contribution in [1.82, 2.24) is 19.9 Å². The Morgan fingerprint density at radius 1 is 1.08 bits per heavy atom. The third-order valence-corrected chi connectivity index (χ3v) is 5.57. The highest BCUT2D eigenvalue weighted by Crippen LogP contribution is 2.35. The first-order chi connectivity index (χ1) is 12.1. The number of benzene rings is 1. The van der Waals surface area contributed by atoms with E-state index in [1.54, 1.807) is 0 Å². The number of rotatable bonds is 4. The van der Waals surface area contributed by atoms with Crippen LogP contribution in [0, 0.1) is 0 Å². The van der Waals surface area contributed by atoms with Crippen molar-refractivity contribution in [2.45, 2.75) is 37.8 Å². The lowest BCUT2D eigenvalue weighted by molar-refractivity contribution is 0.148. The molecule has 0 unspecified atom stereocenters. The molecular formula is C19H27N5O. The van der Waals surface area contributed by atoms with E-state index in [1.807, 2.05) is 0 Å². The van der Waals surface area contributed by atoms with Gasteiger partial charge in [-0.25, -0.2) is 0 Å². The molecule has 6 nitrogen and oxygen atoms in total. The van der Waals surface area contributed by atoms with Crippen molar-refractivity contribution in [1.29, 1.82) is 0 Å². The van der Waals surface area contributed by atoms with Crippen LogP contribution in [0.5, 0.6) is 0 Å². The minimum atomic E-state index is -0.400. The van der Waals surface area contributed by atoms with Gasteiger partial charge in [0.05, 0.1) is 5.54 Å². The van der Waals surface area contributed by atoms with Gasteiger partial charge >= 0.3 is 0 Å². The fraction of sp³-hybridized carbons (Fsp3) is 0.579. The van der Waals surface area contributed by atoms with Crippen molar-refractivity contribution in [3.8, 4) is 11.5 Å². The first kappa shape index (κ1) is 16.7. The molecule has 1 aromatic heterocycles. The van der Waals surface area contributed by atoms with Crippen molar-refractivity contribution in [2.75, 3.05) is 33.2 Å². The van der Waals surface area contributed by atoms with Crippen LogP contribution >= 0.6 is 0 Å². The fourth-order valence-electron chi connectivity index (χ4n) is 3.79. The molecule has 2 aliphatic rings. The number of hydrogen-bond donors (Lipinski definition) is 1. The first-order valence-electron chi connectivity index (χ1n) is 9.26. The summed E-state index contributed by atoms with van der Waals surface area (Å²) in [6, 6.07) is 8.46. The van der Waals surface area contributed by atoms with Gasteiger partial charge < -0.3 is 15.2 Å². The monoisotopic (exact) mass is 341 g/mol. The highest BCUT2D eigenvalue weighted by molar-refractivity contribution is 5.53. The summed E-state index contributed by atoms with van der Waals surface area (Å²) in [6.07, 6.45) is 4.16. The highest BCUT2D eigenvalue weighted by Gasteiger charge is 2.36. The minimum Gasteiger partial charge on any atom is -0.334 e. The Kier molecular flexibility index (Phi) is 4.58. The summed E-state index contributed by atoms with van der Waals surface area (Å²) in [5, 5.41) is 4.15. The lowest BCUT2D eigenvalue weighted by Gasteiger charge is -2.32. The average Bonchev–Trinajstić information content (AvgIpc) is 3.28. The number of hydrogen-bond acceptors (Lipinski definition) is 6. The van der Waals surface area contributed by atoms with Gasteiger partial charge in [-0.05, 0) is 37.6 Å². The highest BCUT2D eigenvalue weighted by atomic mass is 16.5. The zero-order valence-electron chi connectivity index (χ0n) is 14.9. The van der Waals surface area contributed by atoms with Crippen LogP contribution in [0.4, 0.5) is 0 Å². The molecule has 6 heteroatoms. The summed E-state index contributed by atoms with van der Waals surface area (Å²) in [6.45, 7) is 5.54. The van der Waals surface area contributed by atoms with Crippen LogP contribution in [0.25, 0.3) is 11.5 Å². The molecule has 2 heterocycles. The van der Waals surface area contributed by atoms with E-state index in [0.29, 0.717) is 11.7 Å². The zero-order valence-corrected chi connectivity index (χ0v) is 14.9. The number of nitrogens with zero attached hydrogens (tertiary/aromatic N) is 4. The number of piperazine rings is 1. The molecule has 1 aromatic carbocycles. The summed E-state index contributed by atoms with van der Waals surface area (Å²) in [4.78, 5) is 9.44. The molecule has 134 valence electrons. The van der Waals surface area contributed by atoms with Gasteiger partial charge in [-0.15, -0.1) is 0 Å². The molecule has 2 aromatic rings. The Morgan fingerprint density at radius 2 is 1.76 bits per heavy atom. The van der Waals surface area contributed by atoms with E-state index in [2.05, 4.69) is 51.3 Å². The third-order valence-electron chi connectivity index (χ3n) is 5.57. The molecule has 2 N–H and O–H groups in total. The largest absolute Gasteiger partial charge is 0.334 e. The number of likely N-dealkylation sites (N-methyl/N-ethyl adjacent to an activating group) is 1.